The van der Waals surface area contributed by atoms with E-state index in [0.717, 1.165) is 62.6 Å². The molecule has 8 heteroatoms. The quantitative estimate of drug-likeness (QED) is 0.242. The summed E-state index contributed by atoms with van der Waals surface area (Å²) in [6.45, 7) is 10.7. The lowest BCUT2D eigenvalue weighted by Crippen LogP contribution is -2.56. The molecule has 0 unspecified atom stereocenters. The minimum absolute atomic E-state index is 0. The molecule has 0 spiro atoms. The van der Waals surface area contributed by atoms with Crippen LogP contribution in [-0.2, 0) is 15.2 Å². The van der Waals surface area contributed by atoms with Gasteiger partial charge in [0.1, 0.15) is 4.86 Å². The van der Waals surface area contributed by atoms with Crippen molar-refractivity contribution in [2.75, 3.05) is 39.3 Å². The van der Waals surface area contributed by atoms with Crippen molar-refractivity contribution in [3.8, 4) is 0 Å². The van der Waals surface area contributed by atoms with Crippen molar-refractivity contribution in [3.63, 3.8) is 0 Å². The number of hydrogen-bond acceptors (Lipinski definition) is 4. The van der Waals surface area contributed by atoms with Gasteiger partial charge in [-0.1, -0.05) is 40.0 Å². The molecule has 0 atom stereocenters. The summed E-state index contributed by atoms with van der Waals surface area (Å²) in [7, 11) is -3.55. The smallest absolute Gasteiger partial charge is 0.634 e. The van der Waals surface area contributed by atoms with Crippen LogP contribution in [-0.4, -0.2) is 69.3 Å². The molecule has 0 aromatic carbocycles. The van der Waals surface area contributed by atoms with Crippen LogP contribution < -0.4 is 10.5 Å². The molecule has 0 heterocycles. The molecule has 1 aliphatic rings. The highest BCUT2D eigenvalue weighted by Gasteiger charge is 2.29. The number of allylic oxidation sites excluding steroid dienone is 4. The first-order chi connectivity index (χ1) is 14.3. The number of unbranched alkanes of at least 4 members (excludes halogenated alkanes) is 3. The van der Waals surface area contributed by atoms with Crippen LogP contribution in [0, 0.1) is 0 Å². The maximum Gasteiger partial charge on any atom is 1.00 e. The number of aliphatic imine (C=N–C) groups is 1. The van der Waals surface area contributed by atoms with E-state index in [-0.39, 0.29) is 12.2 Å². The Bertz CT molecular complexity index is 646. The predicted octanol–water partition coefficient (Wildman–Crippen LogP) is 1.74. The molecule has 4 N–H and O–H groups in total. The number of carbonyl (C=O) groups is 1. The van der Waals surface area contributed by atoms with E-state index in [1.807, 2.05) is 0 Å². The van der Waals surface area contributed by atoms with Crippen LogP contribution in [0.4, 0.5) is 0 Å². The number of amides is 1. The van der Waals surface area contributed by atoms with Gasteiger partial charge in [0.05, 0.1) is 38.4 Å². The van der Waals surface area contributed by atoms with Crippen LogP contribution in [0.3, 0.4) is 0 Å². The zero-order valence-corrected chi connectivity index (χ0v) is 19.8. The zero-order chi connectivity index (χ0) is 22.5. The van der Waals surface area contributed by atoms with Gasteiger partial charge < -0.3 is 19.3 Å². The number of carbonyl (C=O) groups excluding carboxylic acids is 1. The number of rotatable bonds is 14. The highest BCUT2D eigenvalue weighted by molar-refractivity contribution is 8.02. The second-order valence-electron chi connectivity index (χ2n) is 7.98. The fraction of sp³-hybridized carbons (Fsp3) is 0.682. The van der Waals surface area contributed by atoms with E-state index in [4.69, 9.17) is 0 Å². The van der Waals surface area contributed by atoms with Gasteiger partial charge in [0.15, 0.2) is 6.54 Å². The topological polar surface area (TPSA) is 115 Å². The van der Waals surface area contributed by atoms with Gasteiger partial charge in [-0.05, 0) is 43.6 Å². The Morgan fingerprint density at radius 3 is 1.97 bits per heavy atom. The van der Waals surface area contributed by atoms with Crippen LogP contribution in [0.5, 0.6) is 0 Å². The van der Waals surface area contributed by atoms with Crippen LogP contribution in [0.25, 0.3) is 0 Å². The Kier molecular flexibility index (Phi) is 12.5. The molecule has 1 aliphatic carbocycles. The molecule has 0 fully saturated rings. The van der Waals surface area contributed by atoms with E-state index in [1.165, 1.54) is 12.2 Å². The van der Waals surface area contributed by atoms with E-state index >= 15 is 0 Å². The molecule has 7 nitrogen and oxygen atoms in total. The summed E-state index contributed by atoms with van der Waals surface area (Å²) in [6, 6.07) is 0. The second-order valence-corrected chi connectivity index (χ2v) is 9.75. The summed E-state index contributed by atoms with van der Waals surface area (Å²) in [6.07, 6.45) is 12.8. The Morgan fingerprint density at radius 2 is 1.53 bits per heavy atom. The molecule has 0 aromatic heterocycles. The standard InChI is InChI=1S/C22H40N4O3S/c1-4-7-16-26(17-8-5-2,18-9-6-3)19-22(27)25-20-10-12-21(13-11-20)30(28,29)24-15-14-23/h10-13H,4-9,14-19,23H2,1-3H3,(H-2,24,25,27,28,29)/p+2. The third kappa shape index (κ3) is 9.32. The zero-order valence-electron chi connectivity index (χ0n) is 20.0. The van der Waals surface area contributed by atoms with E-state index in [0.29, 0.717) is 25.3 Å². The lowest BCUT2D eigenvalue weighted by Gasteiger charge is -2.38. The Morgan fingerprint density at radius 1 is 1.03 bits per heavy atom. The molecule has 30 heavy (non-hydrogen) atoms. The summed E-state index contributed by atoms with van der Waals surface area (Å²) in [5.74, 6) is -0.135. The molecule has 0 saturated carbocycles. The largest absolute Gasteiger partial charge is 1.00 e. The Labute approximate surface area is 185 Å². The second kappa shape index (κ2) is 14.0. The maximum atomic E-state index is 12.8. The maximum absolute atomic E-state index is 12.8. The number of hydrogen-bond donors (Lipinski definition) is 2. The van der Waals surface area contributed by atoms with Gasteiger partial charge in [-0.15, -0.1) is 10.4 Å². The fourth-order valence-corrected chi connectivity index (χ4v) is 4.58. The molecule has 172 valence electrons. The molecule has 1 amide bonds. The van der Waals surface area contributed by atoms with Crippen molar-refractivity contribution < 1.29 is 25.5 Å². The third-order valence-electron chi connectivity index (χ3n) is 5.30. The predicted molar refractivity (Wildman–Crippen MR) is 126 cm³/mol. The van der Waals surface area contributed by atoms with Crippen LogP contribution in [0.15, 0.2) is 29.3 Å². The van der Waals surface area contributed by atoms with E-state index in [2.05, 4.69) is 36.2 Å². The van der Waals surface area contributed by atoms with Crippen LogP contribution in [0.1, 0.15) is 60.7 Å². The lowest BCUT2D eigenvalue weighted by atomic mass is 10.1. The minimum Gasteiger partial charge on any atom is -0.634 e. The van der Waals surface area contributed by atoms with Gasteiger partial charge in [0.25, 0.3) is 0 Å². The first-order valence-electron chi connectivity index (χ1n) is 11.3. The molecule has 0 aliphatic heterocycles. The van der Waals surface area contributed by atoms with Gasteiger partial charge in [-0.3, -0.25) is 4.79 Å². The van der Waals surface area contributed by atoms with Crippen molar-refractivity contribution >= 4 is 26.8 Å². The van der Waals surface area contributed by atoms with Gasteiger partial charge >= 0.3 is 7.33 Å². The van der Waals surface area contributed by atoms with Gasteiger partial charge in [-0.2, -0.15) is 4.72 Å². The molecular formula is C22H42N4O3S+2. The van der Waals surface area contributed by atoms with Gasteiger partial charge in [-0.25, -0.2) is 4.99 Å². The summed E-state index contributed by atoms with van der Waals surface area (Å²) in [4.78, 5) is 17.3. The van der Waals surface area contributed by atoms with Crippen molar-refractivity contribution in [1.82, 2.24) is 4.72 Å². The van der Waals surface area contributed by atoms with Crippen molar-refractivity contribution in [2.45, 2.75) is 59.3 Å². The average molecular weight is 443 g/mol. The Hall–Kier alpha value is -1.16. The van der Waals surface area contributed by atoms with Gasteiger partial charge in [0, 0.05) is 0 Å². The highest BCUT2D eigenvalue weighted by Crippen LogP contribution is 2.15. The highest BCUT2D eigenvalue weighted by atomic mass is 32.3. The molecule has 0 aromatic rings. The Balaban J connectivity index is 0.00000900. The SMILES string of the molecule is CCCC[N+](CCCC)(CCCC)CC(=O)N=C1C=CC(=[S+]([O-])([O-])NCC[NH3+])C=C1.[H+]. The summed E-state index contributed by atoms with van der Waals surface area (Å²) < 4.78 is 27.6. The van der Waals surface area contributed by atoms with Crippen molar-refractivity contribution in [2.24, 2.45) is 4.99 Å². The third-order valence-corrected chi connectivity index (χ3v) is 6.78. The molecule has 0 bridgehead atoms. The van der Waals surface area contributed by atoms with E-state index in [1.54, 1.807) is 12.2 Å². The van der Waals surface area contributed by atoms with Crippen LogP contribution in [0.2, 0.25) is 0 Å². The number of quaternary nitrogens is 2. The summed E-state index contributed by atoms with van der Waals surface area (Å²) in [5, 5.41) is 0. The minimum atomic E-state index is -3.55. The fourth-order valence-electron chi connectivity index (χ4n) is 3.51. The molecular weight excluding hydrogens is 400 g/mol. The van der Waals surface area contributed by atoms with Crippen molar-refractivity contribution in [1.29, 1.82) is 0 Å². The van der Waals surface area contributed by atoms with Gasteiger partial charge in [0.2, 0.25) is 0 Å². The van der Waals surface area contributed by atoms with E-state index < -0.39 is 10.4 Å². The van der Waals surface area contributed by atoms with E-state index in [9.17, 15) is 13.9 Å². The monoisotopic (exact) mass is 442 g/mol. The number of nitrogens with one attached hydrogen (secondary N) is 1. The summed E-state index contributed by atoms with van der Waals surface area (Å²) in [5.41, 5.74) is 4.13. The summed E-state index contributed by atoms with van der Waals surface area (Å²) >= 11 is 0. The lowest BCUT2D eigenvalue weighted by molar-refractivity contribution is -0.921. The first-order valence-corrected chi connectivity index (χ1v) is 12.8. The molecule has 0 saturated heterocycles. The number of nitrogens with zero attached hydrogens (tertiary/aromatic N) is 2. The first kappa shape index (κ1) is 26.9. The normalized spacial score (nSPS) is 14.5. The van der Waals surface area contributed by atoms with Crippen molar-refractivity contribution in [3.05, 3.63) is 24.3 Å². The molecule has 1 rings (SSSR count). The molecule has 0 radical (unpaired) electrons. The average Bonchev–Trinajstić information content (AvgIpc) is 2.73. The van der Waals surface area contributed by atoms with Crippen LogP contribution >= 0.6 is 0 Å².